The maximum atomic E-state index is 13.4. The van der Waals surface area contributed by atoms with Crippen LogP contribution in [0.15, 0.2) is 30.3 Å². The molecule has 0 saturated heterocycles. The third-order valence-electron chi connectivity index (χ3n) is 5.32. The molecule has 0 bridgehead atoms. The van der Waals surface area contributed by atoms with E-state index in [0.717, 1.165) is 53.6 Å². The Balaban J connectivity index is 1.66. The minimum absolute atomic E-state index is 0.0429. The number of carbonyl (C=O) groups excluding carboxylic acids is 2. The van der Waals surface area contributed by atoms with Crippen molar-refractivity contribution in [2.75, 3.05) is 11.9 Å². The Morgan fingerprint density at radius 2 is 1.97 bits per heavy atom. The van der Waals surface area contributed by atoms with Gasteiger partial charge in [-0.15, -0.1) is 11.3 Å². The van der Waals surface area contributed by atoms with Crippen molar-refractivity contribution in [2.45, 2.75) is 44.1 Å². The Labute approximate surface area is 176 Å². The van der Waals surface area contributed by atoms with Gasteiger partial charge in [-0.05, 0) is 44.0 Å². The van der Waals surface area contributed by atoms with Crippen molar-refractivity contribution in [3.63, 3.8) is 0 Å². The molecule has 0 radical (unpaired) electrons. The van der Waals surface area contributed by atoms with E-state index >= 15 is 0 Å². The first-order valence-corrected chi connectivity index (χ1v) is 10.3. The summed E-state index contributed by atoms with van der Waals surface area (Å²) in [6.45, 7) is 1.96. The van der Waals surface area contributed by atoms with Crippen LogP contribution >= 0.6 is 11.3 Å². The van der Waals surface area contributed by atoms with E-state index in [1.54, 1.807) is 6.92 Å². The van der Waals surface area contributed by atoms with Crippen molar-refractivity contribution in [3.8, 4) is 0 Å². The van der Waals surface area contributed by atoms with Crippen molar-refractivity contribution in [2.24, 2.45) is 0 Å². The molecule has 2 aromatic rings. The minimum atomic E-state index is -1.03. The number of nitrogens with zero attached hydrogens (tertiary/aromatic N) is 1. The maximum absolute atomic E-state index is 13.4. The first-order valence-electron chi connectivity index (χ1n) is 9.53. The van der Waals surface area contributed by atoms with Crippen LogP contribution in [-0.4, -0.2) is 28.4 Å². The normalized spacial score (nSPS) is 16.1. The monoisotopic (exact) mass is 435 g/mol. The van der Waals surface area contributed by atoms with Gasteiger partial charge in [0.05, 0.1) is 11.0 Å². The van der Waals surface area contributed by atoms with E-state index in [9.17, 15) is 29.2 Å². The molecule has 1 aromatic heterocycles. The van der Waals surface area contributed by atoms with Gasteiger partial charge in [-0.3, -0.25) is 19.7 Å². The molecule has 8 nitrogen and oxygen atoms in total. The lowest BCUT2D eigenvalue weighted by Gasteiger charge is -2.28. The molecule has 1 aliphatic carbocycles. The van der Waals surface area contributed by atoms with Gasteiger partial charge in [-0.1, -0.05) is 12.8 Å². The number of hydrogen-bond donors (Lipinski definition) is 3. The van der Waals surface area contributed by atoms with Gasteiger partial charge in [0, 0.05) is 33.5 Å². The molecule has 0 spiro atoms. The SMILES string of the molecule is CC(O)c1ccc(C2(CNC(=O)C(=O)Nc3ccc(F)c([N+](=O)[O-])c3)CCCC2)s1. The molecular weight excluding hydrogens is 413 g/mol. The molecule has 1 aliphatic rings. The topological polar surface area (TPSA) is 122 Å². The quantitative estimate of drug-likeness (QED) is 0.365. The lowest BCUT2D eigenvalue weighted by Crippen LogP contribution is -2.43. The predicted octanol–water partition coefficient (Wildman–Crippen LogP) is 3.42. The molecule has 1 unspecified atom stereocenters. The molecule has 3 rings (SSSR count). The van der Waals surface area contributed by atoms with Crippen molar-refractivity contribution in [3.05, 3.63) is 56.0 Å². The number of carbonyl (C=O) groups is 2. The summed E-state index contributed by atoms with van der Waals surface area (Å²) >= 11 is 1.50. The summed E-state index contributed by atoms with van der Waals surface area (Å²) < 4.78 is 13.4. The van der Waals surface area contributed by atoms with Crippen LogP contribution in [0.5, 0.6) is 0 Å². The van der Waals surface area contributed by atoms with Crippen LogP contribution in [0.1, 0.15) is 48.5 Å². The number of aliphatic hydroxyl groups excluding tert-OH is 1. The third-order valence-corrected chi connectivity index (χ3v) is 6.82. The number of anilines is 1. The van der Waals surface area contributed by atoms with Crippen LogP contribution in [0.3, 0.4) is 0 Å². The number of nitro groups is 1. The van der Waals surface area contributed by atoms with E-state index in [2.05, 4.69) is 10.6 Å². The lowest BCUT2D eigenvalue weighted by atomic mass is 9.84. The number of nitrogens with one attached hydrogen (secondary N) is 2. The molecule has 3 N–H and O–H groups in total. The molecule has 30 heavy (non-hydrogen) atoms. The fourth-order valence-corrected chi connectivity index (χ4v) is 4.86. The van der Waals surface area contributed by atoms with Crippen molar-refractivity contribution in [1.82, 2.24) is 5.32 Å². The van der Waals surface area contributed by atoms with Crippen LogP contribution in [-0.2, 0) is 15.0 Å². The highest BCUT2D eigenvalue weighted by Crippen LogP contribution is 2.44. The van der Waals surface area contributed by atoms with Crippen LogP contribution in [0, 0.1) is 15.9 Å². The second kappa shape index (κ2) is 8.88. The van der Waals surface area contributed by atoms with Gasteiger partial charge in [-0.25, -0.2) is 0 Å². The van der Waals surface area contributed by atoms with E-state index in [0.29, 0.717) is 0 Å². The number of halogens is 1. The standard InChI is InChI=1S/C20H22FN3O5S/c1-12(25)16-6-7-17(30-16)20(8-2-3-9-20)11-22-18(26)19(27)23-13-4-5-14(21)15(10-13)24(28)29/h4-7,10,12,25H,2-3,8-9,11H2,1H3,(H,22,26)(H,23,27). The number of aliphatic hydroxyl groups is 1. The second-order valence-electron chi connectivity index (χ2n) is 7.43. The maximum Gasteiger partial charge on any atom is 0.313 e. The highest BCUT2D eigenvalue weighted by molar-refractivity contribution is 7.12. The van der Waals surface area contributed by atoms with Gasteiger partial charge in [0.15, 0.2) is 0 Å². The minimum Gasteiger partial charge on any atom is -0.388 e. The number of nitro benzene ring substituents is 1. The molecule has 0 aliphatic heterocycles. The van der Waals surface area contributed by atoms with Gasteiger partial charge < -0.3 is 15.7 Å². The third kappa shape index (κ3) is 4.65. The zero-order valence-electron chi connectivity index (χ0n) is 16.3. The molecule has 10 heteroatoms. The summed E-state index contributed by atoms with van der Waals surface area (Å²) in [5.74, 6) is -2.89. The average molecular weight is 435 g/mol. The van der Waals surface area contributed by atoms with Crippen molar-refractivity contribution in [1.29, 1.82) is 0 Å². The second-order valence-corrected chi connectivity index (χ2v) is 8.54. The largest absolute Gasteiger partial charge is 0.388 e. The summed E-state index contributed by atoms with van der Waals surface area (Å²) in [5.41, 5.74) is -1.12. The zero-order chi connectivity index (χ0) is 21.9. The Kier molecular flexibility index (Phi) is 6.47. The zero-order valence-corrected chi connectivity index (χ0v) is 17.1. The Morgan fingerprint density at radius 3 is 2.57 bits per heavy atom. The Bertz CT molecular complexity index is 969. The molecule has 1 heterocycles. The molecule has 1 fully saturated rings. The summed E-state index contributed by atoms with van der Waals surface area (Å²) in [6, 6.07) is 6.70. The summed E-state index contributed by atoms with van der Waals surface area (Å²) in [6.07, 6.45) is 3.16. The molecule has 1 aromatic carbocycles. The van der Waals surface area contributed by atoms with Gasteiger partial charge in [0.1, 0.15) is 0 Å². The van der Waals surface area contributed by atoms with E-state index in [1.165, 1.54) is 11.3 Å². The van der Waals surface area contributed by atoms with E-state index < -0.39 is 34.3 Å². The summed E-state index contributed by atoms with van der Waals surface area (Å²) in [4.78, 5) is 36.3. The predicted molar refractivity (Wildman–Crippen MR) is 110 cm³/mol. The smallest absolute Gasteiger partial charge is 0.313 e. The van der Waals surface area contributed by atoms with Crippen molar-refractivity contribution < 1.29 is 24.0 Å². The van der Waals surface area contributed by atoms with Gasteiger partial charge in [-0.2, -0.15) is 4.39 Å². The summed E-state index contributed by atoms with van der Waals surface area (Å²) in [7, 11) is 0. The first-order chi connectivity index (χ1) is 14.2. The summed E-state index contributed by atoms with van der Waals surface area (Å²) in [5, 5.41) is 25.5. The Hall–Kier alpha value is -2.85. The first kappa shape index (κ1) is 21.8. The number of benzene rings is 1. The average Bonchev–Trinajstić information content (AvgIpc) is 3.37. The number of thiophene rings is 1. The fourth-order valence-electron chi connectivity index (χ4n) is 3.67. The van der Waals surface area contributed by atoms with Crippen LogP contribution in [0.4, 0.5) is 15.8 Å². The number of rotatable bonds is 6. The molecule has 160 valence electrons. The van der Waals surface area contributed by atoms with Crippen LogP contribution in [0.25, 0.3) is 0 Å². The number of hydrogen-bond acceptors (Lipinski definition) is 6. The van der Waals surface area contributed by atoms with E-state index in [-0.39, 0.29) is 17.6 Å². The molecule has 2 amide bonds. The van der Waals surface area contributed by atoms with Crippen molar-refractivity contribution >= 4 is 34.5 Å². The fraction of sp³-hybridized carbons (Fsp3) is 0.400. The van der Waals surface area contributed by atoms with Crippen LogP contribution < -0.4 is 10.6 Å². The Morgan fingerprint density at radius 1 is 1.27 bits per heavy atom. The van der Waals surface area contributed by atoms with Gasteiger partial charge >= 0.3 is 17.5 Å². The van der Waals surface area contributed by atoms with E-state index in [4.69, 9.17) is 0 Å². The highest BCUT2D eigenvalue weighted by atomic mass is 32.1. The molecule has 1 saturated carbocycles. The van der Waals surface area contributed by atoms with Gasteiger partial charge in [0.25, 0.3) is 0 Å². The van der Waals surface area contributed by atoms with Gasteiger partial charge in [0.2, 0.25) is 5.82 Å². The molecular formula is C20H22FN3O5S. The van der Waals surface area contributed by atoms with E-state index in [1.807, 2.05) is 12.1 Å². The highest BCUT2D eigenvalue weighted by Gasteiger charge is 2.38. The molecule has 1 atom stereocenters. The van der Waals surface area contributed by atoms with Crippen LogP contribution in [0.2, 0.25) is 0 Å². The lowest BCUT2D eigenvalue weighted by molar-refractivity contribution is -0.387. The number of amides is 2.